The van der Waals surface area contributed by atoms with Gasteiger partial charge in [0.2, 0.25) is 5.91 Å². The second-order valence-corrected chi connectivity index (χ2v) is 6.11. The molecule has 2 N–H and O–H groups in total. The molecule has 0 aromatic heterocycles. The molecule has 1 rings (SSSR count). The molecule has 23 heavy (non-hydrogen) atoms. The van der Waals surface area contributed by atoms with Gasteiger partial charge in [0.25, 0.3) is 0 Å². The van der Waals surface area contributed by atoms with Crippen molar-refractivity contribution in [3.8, 4) is 0 Å². The van der Waals surface area contributed by atoms with Crippen LogP contribution in [0.2, 0.25) is 0 Å². The van der Waals surface area contributed by atoms with Crippen molar-refractivity contribution in [3.63, 3.8) is 0 Å². The highest BCUT2D eigenvalue weighted by Crippen LogP contribution is 2.12. The topological polar surface area (TPSA) is 49.3 Å². The zero-order valence-corrected chi connectivity index (χ0v) is 14.6. The summed E-state index contributed by atoms with van der Waals surface area (Å²) in [6.07, 6.45) is 12.8. The van der Waals surface area contributed by atoms with Crippen molar-refractivity contribution in [2.75, 3.05) is 6.61 Å². The Kier molecular flexibility index (Phi) is 10.0. The van der Waals surface area contributed by atoms with Gasteiger partial charge in [-0.1, -0.05) is 75.4 Å². The number of rotatable bonds is 11. The molecule has 0 aliphatic carbocycles. The number of hydrogen-bond acceptors (Lipinski definition) is 2. The molecule has 0 radical (unpaired) electrons. The van der Waals surface area contributed by atoms with Crippen molar-refractivity contribution in [1.29, 1.82) is 0 Å². The van der Waals surface area contributed by atoms with Gasteiger partial charge in [-0.05, 0) is 24.0 Å². The summed E-state index contributed by atoms with van der Waals surface area (Å²) in [4.78, 5) is 11.0. The summed E-state index contributed by atoms with van der Waals surface area (Å²) in [5.74, 6) is -0.136. The summed E-state index contributed by atoms with van der Waals surface area (Å²) in [6, 6.07) is 8.18. The van der Waals surface area contributed by atoms with E-state index in [0.717, 1.165) is 12.0 Å². The normalized spacial score (nSPS) is 12.5. The van der Waals surface area contributed by atoms with Crippen molar-refractivity contribution in [2.24, 2.45) is 0 Å². The van der Waals surface area contributed by atoms with Gasteiger partial charge in [-0.15, -0.1) is 0 Å². The predicted octanol–water partition coefficient (Wildman–Crippen LogP) is 4.10. The fourth-order valence-corrected chi connectivity index (χ4v) is 2.55. The summed E-state index contributed by atoms with van der Waals surface area (Å²) in [5, 5.41) is 11.9. The van der Waals surface area contributed by atoms with Crippen LogP contribution in [-0.4, -0.2) is 23.7 Å². The lowest BCUT2D eigenvalue weighted by molar-refractivity contribution is -0.119. The second-order valence-electron chi connectivity index (χ2n) is 6.11. The third kappa shape index (κ3) is 9.19. The fourth-order valence-electron chi connectivity index (χ4n) is 2.55. The third-order valence-electron chi connectivity index (χ3n) is 3.91. The van der Waals surface area contributed by atoms with E-state index in [9.17, 15) is 9.90 Å². The van der Waals surface area contributed by atoms with E-state index in [-0.39, 0.29) is 18.6 Å². The van der Waals surface area contributed by atoms with Gasteiger partial charge in [0.15, 0.2) is 0 Å². The highest BCUT2D eigenvalue weighted by molar-refractivity contribution is 5.73. The molecule has 0 bridgehead atoms. The number of nitrogens with one attached hydrogen (secondary N) is 1. The quantitative estimate of drug-likeness (QED) is 0.604. The van der Waals surface area contributed by atoms with Crippen LogP contribution in [0.5, 0.6) is 0 Å². The first-order chi connectivity index (χ1) is 11.2. The maximum absolute atomic E-state index is 11.0. The standard InChI is InChI=1S/C20H31NO2/c1-3-4-5-6-7-8-9-18-10-12-19(13-11-18)14-15-20(16-22)21-17(2)23/h10-15,20,22H,3-9,16H2,1-2H3,(H,21,23)/b15-14+. The monoisotopic (exact) mass is 317 g/mol. The Morgan fingerprint density at radius 2 is 1.78 bits per heavy atom. The Balaban J connectivity index is 2.36. The number of aliphatic hydroxyl groups excluding tert-OH is 1. The largest absolute Gasteiger partial charge is 0.394 e. The van der Waals surface area contributed by atoms with E-state index in [4.69, 9.17) is 0 Å². The number of hydrogen-bond donors (Lipinski definition) is 2. The van der Waals surface area contributed by atoms with E-state index >= 15 is 0 Å². The lowest BCUT2D eigenvalue weighted by atomic mass is 10.0. The molecule has 1 amide bonds. The van der Waals surface area contributed by atoms with Gasteiger partial charge in [0.05, 0.1) is 12.6 Å². The maximum Gasteiger partial charge on any atom is 0.217 e. The Labute approximate surface area is 140 Å². The first-order valence-electron chi connectivity index (χ1n) is 8.80. The first-order valence-corrected chi connectivity index (χ1v) is 8.80. The summed E-state index contributed by atoms with van der Waals surface area (Å²) in [7, 11) is 0. The van der Waals surface area contributed by atoms with E-state index < -0.39 is 0 Å². The lowest BCUT2D eigenvalue weighted by Gasteiger charge is -2.09. The van der Waals surface area contributed by atoms with E-state index in [1.165, 1.54) is 51.0 Å². The van der Waals surface area contributed by atoms with Gasteiger partial charge in [0, 0.05) is 6.92 Å². The molecule has 1 atom stereocenters. The smallest absolute Gasteiger partial charge is 0.217 e. The number of aryl methyl sites for hydroxylation is 1. The van der Waals surface area contributed by atoms with E-state index in [2.05, 4.69) is 36.5 Å². The minimum Gasteiger partial charge on any atom is -0.394 e. The predicted molar refractivity (Wildman–Crippen MR) is 97.2 cm³/mol. The molecule has 3 heteroatoms. The fraction of sp³-hybridized carbons (Fsp3) is 0.550. The zero-order chi connectivity index (χ0) is 16.9. The van der Waals surface area contributed by atoms with Gasteiger partial charge >= 0.3 is 0 Å². The summed E-state index contributed by atoms with van der Waals surface area (Å²) < 4.78 is 0. The molecular weight excluding hydrogens is 286 g/mol. The van der Waals surface area contributed by atoms with Crippen LogP contribution in [0.3, 0.4) is 0 Å². The molecule has 0 saturated heterocycles. The van der Waals surface area contributed by atoms with Crippen LogP contribution in [0.4, 0.5) is 0 Å². The van der Waals surface area contributed by atoms with Crippen LogP contribution >= 0.6 is 0 Å². The highest BCUT2D eigenvalue weighted by atomic mass is 16.3. The molecule has 0 aliphatic heterocycles. The van der Waals surface area contributed by atoms with E-state index in [1.54, 1.807) is 0 Å². The second kappa shape index (κ2) is 11.9. The number of aliphatic hydroxyl groups is 1. The van der Waals surface area contributed by atoms with Crippen LogP contribution in [0, 0.1) is 0 Å². The van der Waals surface area contributed by atoms with Crippen molar-refractivity contribution in [3.05, 3.63) is 41.5 Å². The molecule has 0 fully saturated rings. The first kappa shape index (κ1) is 19.4. The molecule has 1 aromatic carbocycles. The summed E-state index contributed by atoms with van der Waals surface area (Å²) in [5.41, 5.74) is 2.46. The Morgan fingerprint density at radius 3 is 2.39 bits per heavy atom. The number of carbonyl (C=O) groups is 1. The Bertz CT molecular complexity index is 465. The molecule has 0 spiro atoms. The van der Waals surface area contributed by atoms with Crippen molar-refractivity contribution in [1.82, 2.24) is 5.32 Å². The SMILES string of the molecule is CCCCCCCCc1ccc(/C=C/C(CO)NC(C)=O)cc1. The number of unbranched alkanes of at least 4 members (excludes halogenated alkanes) is 5. The van der Waals surface area contributed by atoms with E-state index in [0.29, 0.717) is 0 Å². The van der Waals surface area contributed by atoms with Gasteiger partial charge in [-0.2, -0.15) is 0 Å². The van der Waals surface area contributed by atoms with Crippen LogP contribution in [0.15, 0.2) is 30.3 Å². The van der Waals surface area contributed by atoms with Crippen LogP contribution in [-0.2, 0) is 11.2 Å². The maximum atomic E-state index is 11.0. The van der Waals surface area contributed by atoms with Gasteiger partial charge in [-0.25, -0.2) is 0 Å². The number of amides is 1. The lowest BCUT2D eigenvalue weighted by Crippen LogP contribution is -2.34. The number of carbonyl (C=O) groups excluding carboxylic acids is 1. The average Bonchev–Trinajstić information content (AvgIpc) is 2.55. The zero-order valence-electron chi connectivity index (χ0n) is 14.6. The van der Waals surface area contributed by atoms with Crippen molar-refractivity contribution >= 4 is 12.0 Å². The molecule has 0 aliphatic rings. The minimum absolute atomic E-state index is 0.0911. The van der Waals surface area contributed by atoms with Gasteiger partial charge in [0.1, 0.15) is 0 Å². The van der Waals surface area contributed by atoms with Gasteiger partial charge in [-0.3, -0.25) is 4.79 Å². The molecule has 1 aromatic rings. The summed E-state index contributed by atoms with van der Waals surface area (Å²) >= 11 is 0. The minimum atomic E-state index is -0.324. The highest BCUT2D eigenvalue weighted by Gasteiger charge is 2.03. The van der Waals surface area contributed by atoms with Crippen molar-refractivity contribution in [2.45, 2.75) is 64.8 Å². The molecule has 1 unspecified atom stereocenters. The van der Waals surface area contributed by atoms with E-state index in [1.807, 2.05) is 12.2 Å². The molecule has 0 heterocycles. The van der Waals surface area contributed by atoms with Crippen molar-refractivity contribution < 1.29 is 9.90 Å². The van der Waals surface area contributed by atoms with Crippen LogP contribution in [0.1, 0.15) is 63.5 Å². The van der Waals surface area contributed by atoms with Crippen LogP contribution in [0.25, 0.3) is 6.08 Å². The van der Waals surface area contributed by atoms with Gasteiger partial charge < -0.3 is 10.4 Å². The Morgan fingerprint density at radius 1 is 1.13 bits per heavy atom. The molecule has 128 valence electrons. The number of benzene rings is 1. The van der Waals surface area contributed by atoms with Crippen LogP contribution < -0.4 is 5.32 Å². The third-order valence-corrected chi connectivity index (χ3v) is 3.91. The molecular formula is C20H31NO2. The molecule has 0 saturated carbocycles. The average molecular weight is 317 g/mol. The molecule has 3 nitrogen and oxygen atoms in total. The summed E-state index contributed by atoms with van der Waals surface area (Å²) in [6.45, 7) is 3.61. The Hall–Kier alpha value is -1.61.